The second kappa shape index (κ2) is 7.92. The van der Waals surface area contributed by atoms with Crippen LogP contribution >= 0.6 is 11.8 Å². The van der Waals surface area contributed by atoms with Gasteiger partial charge in [-0.3, -0.25) is 14.1 Å². The number of aryl methyl sites for hydroxylation is 1. The van der Waals surface area contributed by atoms with Crippen molar-refractivity contribution in [2.45, 2.75) is 10.1 Å². The average molecular weight is 443 g/mol. The van der Waals surface area contributed by atoms with E-state index in [9.17, 15) is 0 Å². The van der Waals surface area contributed by atoms with E-state index in [1.54, 1.807) is 16.4 Å². The minimum Gasteiger partial charge on any atom is -0.368 e. The fourth-order valence-electron chi connectivity index (χ4n) is 4.02. The normalized spacial score (nSPS) is 14.5. The van der Waals surface area contributed by atoms with Crippen molar-refractivity contribution in [2.75, 3.05) is 31.1 Å². The fourth-order valence-corrected chi connectivity index (χ4v) is 4.88. The second-order valence-electron chi connectivity index (χ2n) is 7.89. The van der Waals surface area contributed by atoms with Gasteiger partial charge in [0, 0.05) is 61.5 Å². The zero-order valence-electron chi connectivity index (χ0n) is 17.6. The van der Waals surface area contributed by atoms with Crippen molar-refractivity contribution < 1.29 is 0 Å². The summed E-state index contributed by atoms with van der Waals surface area (Å²) in [4.78, 5) is 8.17. The van der Waals surface area contributed by atoms with Crippen LogP contribution in [-0.2, 0) is 7.05 Å². The molecule has 32 heavy (non-hydrogen) atoms. The Morgan fingerprint density at radius 2 is 1.91 bits per heavy atom. The number of hydrogen-bond acceptors (Lipinski definition) is 7. The number of benzene rings is 1. The van der Waals surface area contributed by atoms with E-state index >= 15 is 0 Å². The van der Waals surface area contributed by atoms with Crippen LogP contribution in [0.4, 0.5) is 5.69 Å². The Morgan fingerprint density at radius 1 is 1.00 bits per heavy atom. The summed E-state index contributed by atoms with van der Waals surface area (Å²) in [6, 6.07) is 14.6. The highest BCUT2D eigenvalue weighted by Gasteiger charge is 2.13. The first-order valence-corrected chi connectivity index (χ1v) is 11.4. The van der Waals surface area contributed by atoms with Gasteiger partial charge in [-0.1, -0.05) is 0 Å². The largest absolute Gasteiger partial charge is 0.368 e. The molecule has 0 spiro atoms. The number of anilines is 1. The Morgan fingerprint density at radius 3 is 2.75 bits per heavy atom. The van der Waals surface area contributed by atoms with Gasteiger partial charge in [0.2, 0.25) is 0 Å². The second-order valence-corrected chi connectivity index (χ2v) is 8.93. The van der Waals surface area contributed by atoms with Crippen molar-refractivity contribution in [1.82, 2.24) is 34.7 Å². The minimum absolute atomic E-state index is 0.815. The monoisotopic (exact) mass is 442 g/mol. The van der Waals surface area contributed by atoms with Crippen LogP contribution in [0.2, 0.25) is 0 Å². The molecule has 5 heterocycles. The molecule has 5 aromatic rings. The lowest BCUT2D eigenvalue weighted by Gasteiger charge is -2.29. The molecule has 0 amide bonds. The molecule has 8 nitrogen and oxygen atoms in total. The van der Waals surface area contributed by atoms with E-state index in [1.807, 2.05) is 48.2 Å². The average Bonchev–Trinajstić information content (AvgIpc) is 3.45. The molecular weight excluding hydrogens is 420 g/mol. The first kappa shape index (κ1) is 19.3. The number of nitrogens with zero attached hydrogens (tertiary/aromatic N) is 7. The van der Waals surface area contributed by atoms with E-state index in [0.717, 1.165) is 64.0 Å². The highest BCUT2D eigenvalue weighted by Crippen LogP contribution is 2.31. The van der Waals surface area contributed by atoms with Crippen LogP contribution in [0.15, 0.2) is 71.1 Å². The number of hydrogen-bond donors (Lipinski definition) is 1. The van der Waals surface area contributed by atoms with Crippen LogP contribution in [0.5, 0.6) is 0 Å². The first-order chi connectivity index (χ1) is 15.7. The third-order valence-electron chi connectivity index (χ3n) is 5.71. The van der Waals surface area contributed by atoms with Gasteiger partial charge in [0.05, 0.1) is 23.1 Å². The Hall–Kier alpha value is -3.43. The van der Waals surface area contributed by atoms with E-state index < -0.39 is 0 Å². The van der Waals surface area contributed by atoms with Crippen molar-refractivity contribution in [2.24, 2.45) is 7.05 Å². The van der Waals surface area contributed by atoms with E-state index in [1.165, 1.54) is 5.69 Å². The first-order valence-electron chi connectivity index (χ1n) is 10.6. The van der Waals surface area contributed by atoms with Crippen molar-refractivity contribution in [3.05, 3.63) is 61.1 Å². The van der Waals surface area contributed by atoms with Gasteiger partial charge in [0.1, 0.15) is 0 Å². The number of pyridine rings is 2. The van der Waals surface area contributed by atoms with Gasteiger partial charge < -0.3 is 10.2 Å². The number of piperazine rings is 1. The molecule has 9 heteroatoms. The molecule has 160 valence electrons. The van der Waals surface area contributed by atoms with Gasteiger partial charge in [-0.05, 0) is 54.2 Å². The third kappa shape index (κ3) is 3.59. The summed E-state index contributed by atoms with van der Waals surface area (Å²) in [5.74, 6) is 0. The molecule has 1 aliphatic heterocycles. The number of nitrogens with one attached hydrogen (secondary N) is 1. The van der Waals surface area contributed by atoms with E-state index in [4.69, 9.17) is 0 Å². The molecule has 0 aliphatic carbocycles. The SMILES string of the molecule is Cn1ccc(-c2ccc3nnc(Sc4ccc5ncc(N6CCNCC6)cc5c4)n3c2)n1. The standard InChI is InChI=1S/C23H22N8S/c1-29-9-6-21(28-29)16-2-5-22-26-27-23(31(22)15-16)32-19-3-4-20-17(13-19)12-18(14-25-20)30-10-7-24-8-11-30/h2-6,9,12-15,24H,7-8,10-11H2,1H3. The van der Waals surface area contributed by atoms with Crippen LogP contribution in [-0.4, -0.2) is 55.5 Å². The van der Waals surface area contributed by atoms with Crippen LogP contribution < -0.4 is 10.2 Å². The maximum absolute atomic E-state index is 4.68. The summed E-state index contributed by atoms with van der Waals surface area (Å²) in [5.41, 5.74) is 4.95. The molecule has 0 unspecified atom stereocenters. The molecule has 4 aromatic heterocycles. The predicted octanol–water partition coefficient (Wildman–Crippen LogP) is 3.24. The molecule has 1 fully saturated rings. The summed E-state index contributed by atoms with van der Waals surface area (Å²) >= 11 is 1.60. The van der Waals surface area contributed by atoms with Crippen LogP contribution in [0.3, 0.4) is 0 Å². The summed E-state index contributed by atoms with van der Waals surface area (Å²) in [6.07, 6.45) is 5.97. The van der Waals surface area contributed by atoms with Gasteiger partial charge >= 0.3 is 0 Å². The molecular formula is C23H22N8S. The van der Waals surface area contributed by atoms with Gasteiger partial charge in [-0.2, -0.15) is 5.10 Å². The maximum atomic E-state index is 4.68. The highest BCUT2D eigenvalue weighted by atomic mass is 32.2. The molecule has 0 saturated carbocycles. The molecule has 1 aliphatic rings. The molecule has 0 radical (unpaired) electrons. The van der Waals surface area contributed by atoms with Gasteiger partial charge in [0.15, 0.2) is 10.8 Å². The molecule has 1 N–H and O–H groups in total. The Bertz CT molecular complexity index is 1420. The summed E-state index contributed by atoms with van der Waals surface area (Å²) in [6.45, 7) is 4.03. The van der Waals surface area contributed by atoms with E-state index in [2.05, 4.69) is 54.8 Å². The highest BCUT2D eigenvalue weighted by molar-refractivity contribution is 7.99. The Labute approximate surface area is 189 Å². The van der Waals surface area contributed by atoms with Gasteiger partial charge in [0.25, 0.3) is 0 Å². The summed E-state index contributed by atoms with van der Waals surface area (Å²) in [7, 11) is 1.92. The van der Waals surface area contributed by atoms with Crippen molar-refractivity contribution in [1.29, 1.82) is 0 Å². The lowest BCUT2D eigenvalue weighted by atomic mass is 10.2. The predicted molar refractivity (Wildman–Crippen MR) is 126 cm³/mol. The zero-order chi connectivity index (χ0) is 21.5. The lowest BCUT2D eigenvalue weighted by Crippen LogP contribution is -2.43. The maximum Gasteiger partial charge on any atom is 0.200 e. The van der Waals surface area contributed by atoms with Crippen LogP contribution in [0, 0.1) is 0 Å². The fraction of sp³-hybridized carbons (Fsp3) is 0.217. The molecule has 1 aromatic carbocycles. The third-order valence-corrected chi connectivity index (χ3v) is 6.66. The Kier molecular flexibility index (Phi) is 4.77. The van der Waals surface area contributed by atoms with E-state index in [0.29, 0.717) is 0 Å². The minimum atomic E-state index is 0.815. The van der Waals surface area contributed by atoms with Gasteiger partial charge in [-0.25, -0.2) is 0 Å². The topological polar surface area (TPSA) is 76.2 Å². The van der Waals surface area contributed by atoms with Crippen LogP contribution in [0.25, 0.3) is 27.8 Å². The summed E-state index contributed by atoms with van der Waals surface area (Å²) in [5, 5.41) is 18.6. The lowest BCUT2D eigenvalue weighted by molar-refractivity contribution is 0.589. The number of aromatic nitrogens is 6. The van der Waals surface area contributed by atoms with Gasteiger partial charge in [-0.15, -0.1) is 10.2 Å². The molecule has 0 bridgehead atoms. The Balaban J connectivity index is 1.33. The quantitative estimate of drug-likeness (QED) is 0.458. The van der Waals surface area contributed by atoms with E-state index in [-0.39, 0.29) is 0 Å². The molecule has 6 rings (SSSR count). The van der Waals surface area contributed by atoms with Crippen LogP contribution in [0.1, 0.15) is 0 Å². The number of rotatable bonds is 4. The van der Waals surface area contributed by atoms with Crippen molar-refractivity contribution in [3.63, 3.8) is 0 Å². The van der Waals surface area contributed by atoms with Crippen molar-refractivity contribution >= 4 is 34.0 Å². The number of fused-ring (bicyclic) bond motifs is 2. The zero-order valence-corrected chi connectivity index (χ0v) is 18.5. The smallest absolute Gasteiger partial charge is 0.200 e. The summed E-state index contributed by atoms with van der Waals surface area (Å²) < 4.78 is 3.83. The molecule has 1 saturated heterocycles. The molecule has 0 atom stereocenters. The van der Waals surface area contributed by atoms with Crippen molar-refractivity contribution in [3.8, 4) is 11.3 Å².